The summed E-state index contributed by atoms with van der Waals surface area (Å²) in [7, 11) is 1.57. The molecule has 1 aromatic heterocycles. The van der Waals surface area contributed by atoms with E-state index in [2.05, 4.69) is 0 Å². The Kier molecular flexibility index (Phi) is 2.76. The topological polar surface area (TPSA) is 57.3 Å². The van der Waals surface area contributed by atoms with E-state index in [1.54, 1.807) is 18.0 Å². The number of rotatable bonds is 4. The molecule has 84 valence electrons. The van der Waals surface area contributed by atoms with Gasteiger partial charge >= 0.3 is 0 Å². The highest BCUT2D eigenvalue weighted by atomic mass is 16.6. The summed E-state index contributed by atoms with van der Waals surface area (Å²) in [6.45, 7) is -0.0578. The second kappa shape index (κ2) is 4.22. The molecule has 2 aromatic rings. The minimum atomic E-state index is -0.307. The number of nitrogens with zero attached hydrogens (tertiary/aromatic N) is 2. The van der Waals surface area contributed by atoms with E-state index in [1.807, 2.05) is 24.3 Å². The van der Waals surface area contributed by atoms with Gasteiger partial charge in [-0.2, -0.15) is 4.73 Å². The molecule has 2 rings (SSSR count). The van der Waals surface area contributed by atoms with Crippen molar-refractivity contribution in [2.45, 2.75) is 6.42 Å². The Balaban J connectivity index is 2.41. The van der Waals surface area contributed by atoms with E-state index in [-0.39, 0.29) is 11.5 Å². The van der Waals surface area contributed by atoms with Gasteiger partial charge < -0.3 is 4.84 Å². The number of nitro groups is 1. The lowest BCUT2D eigenvalue weighted by Gasteiger charge is -2.00. The quantitative estimate of drug-likeness (QED) is 0.579. The highest BCUT2D eigenvalue weighted by Gasteiger charge is 2.10. The predicted molar refractivity (Wildman–Crippen MR) is 60.0 cm³/mol. The number of para-hydroxylation sites is 1. The molecule has 0 amide bonds. The first-order valence-corrected chi connectivity index (χ1v) is 4.97. The van der Waals surface area contributed by atoms with Crippen LogP contribution in [0.15, 0.2) is 30.5 Å². The second-order valence-corrected chi connectivity index (χ2v) is 3.49. The van der Waals surface area contributed by atoms with Crippen LogP contribution in [0, 0.1) is 10.1 Å². The summed E-state index contributed by atoms with van der Waals surface area (Å²) in [6.07, 6.45) is 2.22. The van der Waals surface area contributed by atoms with Crippen LogP contribution in [0.2, 0.25) is 0 Å². The molecule has 0 aliphatic heterocycles. The molecule has 0 unspecified atom stereocenters. The van der Waals surface area contributed by atoms with Crippen molar-refractivity contribution in [3.8, 4) is 0 Å². The SMILES string of the molecule is COn1cc(CC[N+](=O)[O-])c2ccccc21. The van der Waals surface area contributed by atoms with Crippen LogP contribution in [0.25, 0.3) is 10.9 Å². The maximum Gasteiger partial charge on any atom is 0.207 e. The molecule has 5 nitrogen and oxygen atoms in total. The minimum Gasteiger partial charge on any atom is -0.417 e. The van der Waals surface area contributed by atoms with Crippen molar-refractivity contribution in [2.24, 2.45) is 0 Å². The highest BCUT2D eigenvalue weighted by molar-refractivity contribution is 5.83. The van der Waals surface area contributed by atoms with Crippen molar-refractivity contribution in [3.05, 3.63) is 46.1 Å². The van der Waals surface area contributed by atoms with Gasteiger partial charge in [-0.15, -0.1) is 0 Å². The van der Waals surface area contributed by atoms with Gasteiger partial charge in [0.05, 0.1) is 5.52 Å². The zero-order valence-electron chi connectivity index (χ0n) is 8.92. The van der Waals surface area contributed by atoms with E-state index in [4.69, 9.17) is 4.84 Å². The number of benzene rings is 1. The summed E-state index contributed by atoms with van der Waals surface area (Å²) in [5.41, 5.74) is 1.87. The van der Waals surface area contributed by atoms with E-state index in [1.165, 1.54) is 0 Å². The monoisotopic (exact) mass is 220 g/mol. The van der Waals surface area contributed by atoms with Crippen molar-refractivity contribution in [3.63, 3.8) is 0 Å². The van der Waals surface area contributed by atoms with Gasteiger partial charge in [0.15, 0.2) is 0 Å². The van der Waals surface area contributed by atoms with Gasteiger partial charge in [-0.05, 0) is 11.6 Å². The predicted octanol–water partition coefficient (Wildman–Crippen LogP) is 1.52. The Bertz CT molecular complexity index is 519. The van der Waals surface area contributed by atoms with E-state index in [0.29, 0.717) is 6.42 Å². The van der Waals surface area contributed by atoms with E-state index in [0.717, 1.165) is 16.5 Å². The number of hydrogen-bond acceptors (Lipinski definition) is 3. The molecule has 0 N–H and O–H groups in total. The van der Waals surface area contributed by atoms with Crippen molar-refractivity contribution in [1.82, 2.24) is 4.73 Å². The third-order valence-corrected chi connectivity index (χ3v) is 2.52. The lowest BCUT2D eigenvalue weighted by Crippen LogP contribution is -2.04. The van der Waals surface area contributed by atoms with Crippen LogP contribution in [-0.2, 0) is 6.42 Å². The van der Waals surface area contributed by atoms with Crippen molar-refractivity contribution < 1.29 is 9.76 Å². The smallest absolute Gasteiger partial charge is 0.207 e. The van der Waals surface area contributed by atoms with Crippen LogP contribution >= 0.6 is 0 Å². The lowest BCUT2D eigenvalue weighted by atomic mass is 10.1. The average Bonchev–Trinajstić information content (AvgIpc) is 2.65. The van der Waals surface area contributed by atoms with Gasteiger partial charge in [-0.3, -0.25) is 10.1 Å². The number of fused-ring (bicyclic) bond motifs is 1. The molecule has 1 heterocycles. The molecular formula is C11H12N2O3. The summed E-state index contributed by atoms with van der Waals surface area (Å²) in [5, 5.41) is 11.4. The molecule has 0 fully saturated rings. The maximum atomic E-state index is 10.4. The Morgan fingerprint density at radius 1 is 1.44 bits per heavy atom. The van der Waals surface area contributed by atoms with Gasteiger partial charge in [-0.25, -0.2) is 0 Å². The van der Waals surface area contributed by atoms with Gasteiger partial charge in [0.25, 0.3) is 0 Å². The Morgan fingerprint density at radius 2 is 2.19 bits per heavy atom. The average molecular weight is 220 g/mol. The third kappa shape index (κ3) is 1.84. The fourth-order valence-corrected chi connectivity index (χ4v) is 1.78. The summed E-state index contributed by atoms with van der Waals surface area (Å²) in [5.74, 6) is 0. The molecule has 0 aliphatic rings. The summed E-state index contributed by atoms with van der Waals surface area (Å²) >= 11 is 0. The van der Waals surface area contributed by atoms with Crippen LogP contribution in [-0.4, -0.2) is 23.3 Å². The molecule has 0 spiro atoms. The first-order chi connectivity index (χ1) is 7.72. The van der Waals surface area contributed by atoms with Gasteiger partial charge in [0, 0.05) is 22.9 Å². The van der Waals surface area contributed by atoms with Gasteiger partial charge in [0.1, 0.15) is 7.11 Å². The van der Waals surface area contributed by atoms with Gasteiger partial charge in [-0.1, -0.05) is 18.2 Å². The molecule has 0 radical (unpaired) electrons. The van der Waals surface area contributed by atoms with E-state index in [9.17, 15) is 10.1 Å². The molecule has 0 atom stereocenters. The van der Waals surface area contributed by atoms with Crippen LogP contribution < -0.4 is 4.84 Å². The zero-order chi connectivity index (χ0) is 11.5. The number of hydrogen-bond donors (Lipinski definition) is 0. The largest absolute Gasteiger partial charge is 0.417 e. The molecule has 5 heteroatoms. The fourth-order valence-electron chi connectivity index (χ4n) is 1.78. The Morgan fingerprint density at radius 3 is 2.88 bits per heavy atom. The molecule has 1 aromatic carbocycles. The van der Waals surface area contributed by atoms with Crippen molar-refractivity contribution in [1.29, 1.82) is 0 Å². The van der Waals surface area contributed by atoms with E-state index < -0.39 is 0 Å². The first-order valence-electron chi connectivity index (χ1n) is 4.97. The first kappa shape index (κ1) is 10.5. The number of aromatic nitrogens is 1. The maximum absolute atomic E-state index is 10.4. The van der Waals surface area contributed by atoms with Crippen LogP contribution in [0.5, 0.6) is 0 Å². The molecular weight excluding hydrogens is 208 g/mol. The van der Waals surface area contributed by atoms with Crippen molar-refractivity contribution in [2.75, 3.05) is 13.7 Å². The summed E-state index contributed by atoms with van der Waals surface area (Å²) in [4.78, 5) is 15.2. The van der Waals surface area contributed by atoms with Crippen molar-refractivity contribution >= 4 is 10.9 Å². The Labute approximate surface area is 92.3 Å². The van der Waals surface area contributed by atoms with Crippen LogP contribution in [0.3, 0.4) is 0 Å². The zero-order valence-corrected chi connectivity index (χ0v) is 8.92. The third-order valence-electron chi connectivity index (χ3n) is 2.52. The molecule has 16 heavy (non-hydrogen) atoms. The van der Waals surface area contributed by atoms with Gasteiger partial charge in [0.2, 0.25) is 6.54 Å². The van der Waals surface area contributed by atoms with E-state index >= 15 is 0 Å². The summed E-state index contributed by atoms with van der Waals surface area (Å²) < 4.78 is 1.63. The molecule has 0 bridgehead atoms. The second-order valence-electron chi connectivity index (χ2n) is 3.49. The van der Waals surface area contributed by atoms with Crippen LogP contribution in [0.1, 0.15) is 5.56 Å². The highest BCUT2D eigenvalue weighted by Crippen LogP contribution is 2.20. The molecule has 0 saturated heterocycles. The standard InChI is InChI=1S/C11H12N2O3/c1-16-12-8-9(6-7-13(14)15)10-4-2-3-5-11(10)12/h2-5,8H,6-7H2,1H3. The lowest BCUT2D eigenvalue weighted by molar-refractivity contribution is -0.479. The fraction of sp³-hybridized carbons (Fsp3) is 0.273. The Hall–Kier alpha value is -2.04. The molecule has 0 aliphatic carbocycles. The normalized spacial score (nSPS) is 10.6. The summed E-state index contributed by atoms with van der Waals surface area (Å²) in [6, 6.07) is 7.70. The minimum absolute atomic E-state index is 0.0578. The molecule has 0 saturated carbocycles. The van der Waals surface area contributed by atoms with Crippen LogP contribution in [0.4, 0.5) is 0 Å².